The fraction of sp³-hybridized carbons (Fsp3) is 0.481. The number of hydrogen-bond donors (Lipinski definition) is 1. The van der Waals surface area contributed by atoms with Crippen LogP contribution < -0.4 is 14.8 Å². The van der Waals surface area contributed by atoms with Crippen molar-refractivity contribution in [2.75, 3.05) is 34.0 Å². The monoisotopic (exact) mass is 511 g/mol. The Morgan fingerprint density at radius 1 is 1.08 bits per heavy atom. The van der Waals surface area contributed by atoms with Crippen molar-refractivity contribution < 1.29 is 23.8 Å². The van der Waals surface area contributed by atoms with E-state index in [2.05, 4.69) is 15.6 Å². The molecule has 0 radical (unpaired) electrons. The van der Waals surface area contributed by atoms with Gasteiger partial charge in [-0.15, -0.1) is 5.10 Å². The first-order valence-electron chi connectivity index (χ1n) is 12.4. The largest absolute Gasteiger partial charge is 0.493 e. The van der Waals surface area contributed by atoms with Gasteiger partial charge in [-0.1, -0.05) is 29.5 Å². The summed E-state index contributed by atoms with van der Waals surface area (Å²) in [6, 6.07) is 11.8. The number of fused-ring (bicyclic) bond motifs is 1. The van der Waals surface area contributed by atoms with E-state index in [1.165, 1.54) is 14.2 Å². The van der Waals surface area contributed by atoms with Crippen LogP contribution in [0.1, 0.15) is 45.7 Å². The summed E-state index contributed by atoms with van der Waals surface area (Å²) in [5.41, 5.74) is 1.43. The van der Waals surface area contributed by atoms with Crippen molar-refractivity contribution in [2.24, 2.45) is 0 Å². The van der Waals surface area contributed by atoms with Gasteiger partial charge in [-0.3, -0.25) is 9.59 Å². The first kappa shape index (κ1) is 27.9. The van der Waals surface area contributed by atoms with Crippen LogP contribution in [0.5, 0.6) is 11.5 Å². The van der Waals surface area contributed by atoms with Gasteiger partial charge in [0.1, 0.15) is 18.1 Å². The third-order valence-corrected chi connectivity index (χ3v) is 5.70. The molecular formula is C27H37N5O5. The van der Waals surface area contributed by atoms with E-state index in [-0.39, 0.29) is 24.9 Å². The number of hydrogen-bond acceptors (Lipinski definition) is 7. The zero-order chi connectivity index (χ0) is 27.0. The fourth-order valence-corrected chi connectivity index (χ4v) is 4.15. The summed E-state index contributed by atoms with van der Waals surface area (Å²) in [6.07, 6.45) is 0.545. The SMILES string of the molecule is CCOCCCN(C(=O)Cn1nnc2ccccc21)C(C(=O)NC(C)(C)C)c1cccc(OC)c1OC. The van der Waals surface area contributed by atoms with Crippen LogP contribution in [0, 0.1) is 0 Å². The molecule has 1 heterocycles. The van der Waals surface area contributed by atoms with Crippen LogP contribution in [-0.2, 0) is 20.9 Å². The molecule has 10 heteroatoms. The van der Waals surface area contributed by atoms with E-state index < -0.39 is 11.6 Å². The molecule has 0 aliphatic rings. The maximum absolute atomic E-state index is 13.9. The zero-order valence-corrected chi connectivity index (χ0v) is 22.5. The summed E-state index contributed by atoms with van der Waals surface area (Å²) in [5.74, 6) is 0.253. The predicted molar refractivity (Wildman–Crippen MR) is 141 cm³/mol. The fourth-order valence-electron chi connectivity index (χ4n) is 4.15. The quantitative estimate of drug-likeness (QED) is 0.372. The number of carbonyl (C=O) groups excluding carboxylic acids is 2. The Balaban J connectivity index is 2.07. The smallest absolute Gasteiger partial charge is 0.247 e. The second-order valence-corrected chi connectivity index (χ2v) is 9.60. The van der Waals surface area contributed by atoms with Crippen LogP contribution in [-0.4, -0.2) is 71.2 Å². The molecule has 0 saturated heterocycles. The molecule has 0 aliphatic carbocycles. The van der Waals surface area contributed by atoms with Gasteiger partial charge in [0.25, 0.3) is 0 Å². The summed E-state index contributed by atoms with van der Waals surface area (Å²) in [6.45, 7) is 8.83. The lowest BCUT2D eigenvalue weighted by atomic mass is 9.99. The van der Waals surface area contributed by atoms with E-state index >= 15 is 0 Å². The molecule has 1 N–H and O–H groups in total. The van der Waals surface area contributed by atoms with Crippen molar-refractivity contribution >= 4 is 22.8 Å². The molecule has 1 unspecified atom stereocenters. The molecule has 0 saturated carbocycles. The number of methoxy groups -OCH3 is 2. The highest BCUT2D eigenvalue weighted by Gasteiger charge is 2.36. The lowest BCUT2D eigenvalue weighted by molar-refractivity contribution is -0.142. The van der Waals surface area contributed by atoms with Crippen LogP contribution in [0.4, 0.5) is 0 Å². The van der Waals surface area contributed by atoms with Gasteiger partial charge < -0.3 is 24.4 Å². The van der Waals surface area contributed by atoms with Crippen molar-refractivity contribution in [3.05, 3.63) is 48.0 Å². The van der Waals surface area contributed by atoms with Crippen LogP contribution in [0.25, 0.3) is 11.0 Å². The maximum atomic E-state index is 13.9. The number of ether oxygens (including phenoxy) is 3. The van der Waals surface area contributed by atoms with Gasteiger partial charge in [0.2, 0.25) is 11.8 Å². The zero-order valence-electron chi connectivity index (χ0n) is 22.5. The lowest BCUT2D eigenvalue weighted by Gasteiger charge is -2.34. The second-order valence-electron chi connectivity index (χ2n) is 9.60. The standard InChI is InChI=1S/C27H37N5O5/c1-7-37-17-11-16-31(23(33)18-32-21-14-9-8-13-20(21)29-30-32)24(26(34)28-27(2,3)4)19-12-10-15-22(35-5)25(19)36-6/h8-10,12-15,24H,7,11,16-18H2,1-6H3,(H,28,34). The number of aromatic nitrogens is 3. The first-order valence-corrected chi connectivity index (χ1v) is 12.4. The molecule has 3 aromatic rings. The van der Waals surface area contributed by atoms with E-state index in [0.29, 0.717) is 42.2 Å². The minimum Gasteiger partial charge on any atom is -0.493 e. The minimum atomic E-state index is -0.979. The molecule has 200 valence electrons. The minimum absolute atomic E-state index is 0.0826. The van der Waals surface area contributed by atoms with Gasteiger partial charge in [-0.05, 0) is 52.3 Å². The van der Waals surface area contributed by atoms with Crippen molar-refractivity contribution in [2.45, 2.75) is 52.2 Å². The summed E-state index contributed by atoms with van der Waals surface area (Å²) < 4.78 is 18.2. The molecule has 0 fully saturated rings. The summed E-state index contributed by atoms with van der Waals surface area (Å²) in [5, 5.41) is 11.4. The Morgan fingerprint density at radius 2 is 1.84 bits per heavy atom. The number of nitrogens with zero attached hydrogens (tertiary/aromatic N) is 4. The van der Waals surface area contributed by atoms with Crippen LogP contribution >= 0.6 is 0 Å². The van der Waals surface area contributed by atoms with Gasteiger partial charge in [-0.2, -0.15) is 0 Å². The third-order valence-electron chi connectivity index (χ3n) is 5.70. The van der Waals surface area contributed by atoms with E-state index in [1.54, 1.807) is 27.8 Å². The molecule has 0 bridgehead atoms. The number of rotatable bonds is 12. The number of nitrogens with one attached hydrogen (secondary N) is 1. The highest BCUT2D eigenvalue weighted by Crippen LogP contribution is 2.37. The highest BCUT2D eigenvalue weighted by atomic mass is 16.5. The topological polar surface area (TPSA) is 108 Å². The predicted octanol–water partition coefficient (Wildman–Crippen LogP) is 3.36. The van der Waals surface area contributed by atoms with Gasteiger partial charge >= 0.3 is 0 Å². The molecule has 2 aromatic carbocycles. The highest BCUT2D eigenvalue weighted by molar-refractivity contribution is 5.90. The van der Waals surface area contributed by atoms with Crippen molar-refractivity contribution in [1.29, 1.82) is 0 Å². The second kappa shape index (κ2) is 12.5. The first-order chi connectivity index (χ1) is 17.7. The molecule has 2 amide bonds. The molecule has 3 rings (SSSR count). The van der Waals surface area contributed by atoms with Crippen LogP contribution in [0.3, 0.4) is 0 Å². The van der Waals surface area contributed by atoms with Crippen molar-refractivity contribution in [3.63, 3.8) is 0 Å². The average molecular weight is 512 g/mol. The molecule has 0 aliphatic heterocycles. The van der Waals surface area contributed by atoms with E-state index in [9.17, 15) is 9.59 Å². The maximum Gasteiger partial charge on any atom is 0.247 e. The average Bonchev–Trinajstić information content (AvgIpc) is 3.27. The number of amides is 2. The van der Waals surface area contributed by atoms with Gasteiger partial charge in [-0.25, -0.2) is 4.68 Å². The van der Waals surface area contributed by atoms with Gasteiger partial charge in [0.15, 0.2) is 11.5 Å². The van der Waals surface area contributed by atoms with Crippen LogP contribution in [0.2, 0.25) is 0 Å². The lowest BCUT2D eigenvalue weighted by Crippen LogP contribution is -2.50. The van der Waals surface area contributed by atoms with Crippen molar-refractivity contribution in [3.8, 4) is 11.5 Å². The van der Waals surface area contributed by atoms with E-state index in [0.717, 1.165) is 5.52 Å². The Morgan fingerprint density at radius 3 is 2.51 bits per heavy atom. The normalized spacial score (nSPS) is 12.3. The van der Waals surface area contributed by atoms with E-state index in [4.69, 9.17) is 14.2 Å². The Kier molecular flexibility index (Phi) is 9.46. The molecule has 1 atom stereocenters. The molecule has 0 spiro atoms. The third kappa shape index (κ3) is 6.97. The van der Waals surface area contributed by atoms with Crippen molar-refractivity contribution in [1.82, 2.24) is 25.2 Å². The summed E-state index contributed by atoms with van der Waals surface area (Å²) in [7, 11) is 3.05. The molecule has 10 nitrogen and oxygen atoms in total. The Bertz CT molecular complexity index is 1200. The summed E-state index contributed by atoms with van der Waals surface area (Å²) >= 11 is 0. The Hall–Kier alpha value is -3.66. The van der Waals surface area contributed by atoms with Crippen LogP contribution in [0.15, 0.2) is 42.5 Å². The molecule has 1 aromatic heterocycles. The molecule has 37 heavy (non-hydrogen) atoms. The Labute approximate surface area is 217 Å². The summed E-state index contributed by atoms with van der Waals surface area (Å²) in [4.78, 5) is 29.3. The number of benzene rings is 2. The van der Waals surface area contributed by atoms with Gasteiger partial charge in [0, 0.05) is 30.9 Å². The van der Waals surface area contributed by atoms with Gasteiger partial charge in [0.05, 0.1) is 19.7 Å². The number of para-hydroxylation sites is 2. The number of carbonyl (C=O) groups is 2. The molecular weight excluding hydrogens is 474 g/mol. The van der Waals surface area contributed by atoms with E-state index in [1.807, 2.05) is 52.0 Å².